The Morgan fingerprint density at radius 1 is 1.23 bits per heavy atom. The van der Waals surface area contributed by atoms with E-state index in [9.17, 15) is 9.59 Å². The number of ether oxygens (including phenoxy) is 2. The molecule has 0 saturated carbocycles. The van der Waals surface area contributed by atoms with Crippen molar-refractivity contribution < 1.29 is 19.1 Å². The van der Waals surface area contributed by atoms with Gasteiger partial charge < -0.3 is 9.47 Å². The van der Waals surface area contributed by atoms with Crippen molar-refractivity contribution in [3.63, 3.8) is 0 Å². The van der Waals surface area contributed by atoms with Crippen LogP contribution in [-0.4, -0.2) is 25.7 Å². The third-order valence-corrected chi connectivity index (χ3v) is 3.37. The molecule has 0 unspecified atom stereocenters. The lowest BCUT2D eigenvalue weighted by molar-refractivity contribution is -0.137. The first kappa shape index (κ1) is 18.0. The molecule has 120 valence electrons. The highest BCUT2D eigenvalue weighted by atomic mass is 16.5. The van der Waals surface area contributed by atoms with Gasteiger partial charge in [-0.3, -0.25) is 0 Å². The molecule has 0 aliphatic rings. The van der Waals surface area contributed by atoms with Crippen LogP contribution in [0.15, 0.2) is 18.2 Å². The van der Waals surface area contributed by atoms with Crippen LogP contribution >= 0.6 is 0 Å². The number of carbonyl (C=O) groups excluding carboxylic acids is 2. The molecule has 0 aliphatic carbocycles. The number of benzene rings is 1. The molecule has 0 amide bonds. The second-order valence-electron chi connectivity index (χ2n) is 5.05. The Hall–Kier alpha value is -2.10. The molecule has 1 aromatic rings. The second-order valence-corrected chi connectivity index (χ2v) is 5.05. The number of aryl methyl sites for hydroxylation is 2. The van der Waals surface area contributed by atoms with Gasteiger partial charge in [0, 0.05) is 6.08 Å². The minimum atomic E-state index is -0.361. The molecule has 4 heteroatoms. The number of esters is 2. The molecule has 4 nitrogen and oxygen atoms in total. The van der Waals surface area contributed by atoms with Crippen molar-refractivity contribution in [1.29, 1.82) is 0 Å². The zero-order valence-electron chi connectivity index (χ0n) is 13.8. The van der Waals surface area contributed by atoms with Gasteiger partial charge >= 0.3 is 11.9 Å². The van der Waals surface area contributed by atoms with Crippen LogP contribution in [0, 0.1) is 6.92 Å². The summed E-state index contributed by atoms with van der Waals surface area (Å²) >= 11 is 0. The fourth-order valence-corrected chi connectivity index (χ4v) is 2.26. The van der Waals surface area contributed by atoms with Crippen LogP contribution in [-0.2, 0) is 20.7 Å². The van der Waals surface area contributed by atoms with Crippen LogP contribution < -0.4 is 0 Å². The van der Waals surface area contributed by atoms with E-state index < -0.39 is 0 Å². The number of unbranched alkanes of at least 4 members (excludes halogenated alkanes) is 1. The van der Waals surface area contributed by atoms with Crippen LogP contribution in [0.25, 0.3) is 6.08 Å². The van der Waals surface area contributed by atoms with Gasteiger partial charge in [-0.05, 0) is 61.6 Å². The van der Waals surface area contributed by atoms with Gasteiger partial charge in [0.25, 0.3) is 0 Å². The standard InChI is InChI=1S/C18H24O4/c1-5-7-8-14-12-15(18(20)21-4)11-13(3)16(14)9-10-17(19)22-6-2/h9-12H,5-8H2,1-4H3/b10-9+. The van der Waals surface area contributed by atoms with Crippen molar-refractivity contribution in [2.45, 2.75) is 40.0 Å². The molecule has 22 heavy (non-hydrogen) atoms. The highest BCUT2D eigenvalue weighted by Gasteiger charge is 2.12. The topological polar surface area (TPSA) is 52.6 Å². The van der Waals surface area contributed by atoms with E-state index in [1.165, 1.54) is 13.2 Å². The van der Waals surface area contributed by atoms with Crippen molar-refractivity contribution in [2.75, 3.05) is 13.7 Å². The van der Waals surface area contributed by atoms with Crippen molar-refractivity contribution in [2.24, 2.45) is 0 Å². The lowest BCUT2D eigenvalue weighted by atomic mass is 9.94. The number of methoxy groups -OCH3 is 1. The second kappa shape index (κ2) is 9.03. The van der Waals surface area contributed by atoms with E-state index in [0.29, 0.717) is 12.2 Å². The van der Waals surface area contributed by atoms with E-state index >= 15 is 0 Å². The molecular formula is C18H24O4. The maximum atomic E-state index is 11.7. The molecule has 0 bridgehead atoms. The van der Waals surface area contributed by atoms with E-state index in [4.69, 9.17) is 9.47 Å². The van der Waals surface area contributed by atoms with E-state index in [0.717, 1.165) is 36.0 Å². The Morgan fingerprint density at radius 3 is 2.55 bits per heavy atom. The normalized spacial score (nSPS) is 10.7. The minimum absolute atomic E-state index is 0.346. The van der Waals surface area contributed by atoms with Crippen molar-refractivity contribution in [3.8, 4) is 0 Å². The summed E-state index contributed by atoms with van der Waals surface area (Å²) < 4.78 is 9.69. The maximum Gasteiger partial charge on any atom is 0.337 e. The Kier molecular flexibility index (Phi) is 7.37. The average molecular weight is 304 g/mol. The number of hydrogen-bond acceptors (Lipinski definition) is 4. The first-order chi connectivity index (χ1) is 10.5. The zero-order chi connectivity index (χ0) is 16.5. The van der Waals surface area contributed by atoms with E-state index in [-0.39, 0.29) is 11.9 Å². The van der Waals surface area contributed by atoms with Crippen LogP contribution in [0.2, 0.25) is 0 Å². The summed E-state index contributed by atoms with van der Waals surface area (Å²) in [5.41, 5.74) is 3.49. The van der Waals surface area contributed by atoms with Gasteiger partial charge in [-0.15, -0.1) is 0 Å². The van der Waals surface area contributed by atoms with Gasteiger partial charge in [-0.1, -0.05) is 13.3 Å². The molecule has 0 spiro atoms. The summed E-state index contributed by atoms with van der Waals surface area (Å²) in [4.78, 5) is 23.2. The van der Waals surface area contributed by atoms with Crippen LogP contribution in [0.1, 0.15) is 53.7 Å². The van der Waals surface area contributed by atoms with Gasteiger partial charge in [0.2, 0.25) is 0 Å². The van der Waals surface area contributed by atoms with Gasteiger partial charge in [0.15, 0.2) is 0 Å². The molecular weight excluding hydrogens is 280 g/mol. The smallest absolute Gasteiger partial charge is 0.337 e. The number of hydrogen-bond donors (Lipinski definition) is 0. The summed E-state index contributed by atoms with van der Waals surface area (Å²) in [5.74, 6) is -0.706. The molecule has 0 saturated heterocycles. The number of rotatable bonds is 7. The largest absolute Gasteiger partial charge is 0.465 e. The molecule has 0 aromatic heterocycles. The fourth-order valence-electron chi connectivity index (χ4n) is 2.26. The maximum absolute atomic E-state index is 11.7. The molecule has 1 rings (SSSR count). The lowest BCUT2D eigenvalue weighted by Crippen LogP contribution is -2.05. The van der Waals surface area contributed by atoms with Crippen molar-refractivity contribution in [1.82, 2.24) is 0 Å². The summed E-state index contributed by atoms with van der Waals surface area (Å²) in [6.45, 7) is 6.17. The fraction of sp³-hybridized carbons (Fsp3) is 0.444. The summed E-state index contributed by atoms with van der Waals surface area (Å²) in [7, 11) is 1.37. The van der Waals surface area contributed by atoms with Crippen LogP contribution in [0.3, 0.4) is 0 Å². The molecule has 0 fully saturated rings. The van der Waals surface area contributed by atoms with E-state index in [1.807, 2.05) is 13.0 Å². The first-order valence-corrected chi connectivity index (χ1v) is 7.60. The third-order valence-electron chi connectivity index (χ3n) is 3.37. The van der Waals surface area contributed by atoms with Gasteiger partial charge in [0.05, 0.1) is 19.3 Å². The molecule has 1 aromatic carbocycles. The van der Waals surface area contributed by atoms with Gasteiger partial charge in [-0.25, -0.2) is 9.59 Å². The minimum Gasteiger partial charge on any atom is -0.465 e. The van der Waals surface area contributed by atoms with E-state index in [2.05, 4.69) is 6.92 Å². The van der Waals surface area contributed by atoms with Crippen LogP contribution in [0.5, 0.6) is 0 Å². The predicted octanol–water partition coefficient (Wildman–Crippen LogP) is 3.70. The Morgan fingerprint density at radius 2 is 1.95 bits per heavy atom. The average Bonchev–Trinajstić information content (AvgIpc) is 2.50. The highest BCUT2D eigenvalue weighted by Crippen LogP contribution is 2.22. The highest BCUT2D eigenvalue weighted by molar-refractivity contribution is 5.91. The van der Waals surface area contributed by atoms with Crippen molar-refractivity contribution >= 4 is 18.0 Å². The van der Waals surface area contributed by atoms with Crippen molar-refractivity contribution in [3.05, 3.63) is 40.5 Å². The quantitative estimate of drug-likeness (QED) is 0.569. The first-order valence-electron chi connectivity index (χ1n) is 7.60. The summed E-state index contributed by atoms with van der Waals surface area (Å²) in [5, 5.41) is 0. The molecule has 0 N–H and O–H groups in total. The summed E-state index contributed by atoms with van der Waals surface area (Å²) in [6, 6.07) is 3.63. The summed E-state index contributed by atoms with van der Waals surface area (Å²) in [6.07, 6.45) is 6.12. The zero-order valence-corrected chi connectivity index (χ0v) is 13.8. The predicted molar refractivity (Wildman–Crippen MR) is 86.8 cm³/mol. The molecule has 0 aliphatic heterocycles. The van der Waals surface area contributed by atoms with Gasteiger partial charge in [-0.2, -0.15) is 0 Å². The van der Waals surface area contributed by atoms with Crippen LogP contribution in [0.4, 0.5) is 0 Å². The Balaban J connectivity index is 3.17. The number of carbonyl (C=O) groups is 2. The third kappa shape index (κ3) is 5.02. The van der Waals surface area contributed by atoms with Gasteiger partial charge in [0.1, 0.15) is 0 Å². The monoisotopic (exact) mass is 304 g/mol. The molecule has 0 atom stereocenters. The molecule has 0 radical (unpaired) electrons. The Labute approximate surface area is 132 Å². The van der Waals surface area contributed by atoms with E-state index in [1.54, 1.807) is 19.1 Å². The lowest BCUT2D eigenvalue weighted by Gasteiger charge is -2.12. The SMILES string of the molecule is CCCCc1cc(C(=O)OC)cc(C)c1/C=C/C(=O)OCC. The molecule has 0 heterocycles. The Bertz CT molecular complexity index is 558.